The summed E-state index contributed by atoms with van der Waals surface area (Å²) < 4.78 is 10.5. The van der Waals surface area contributed by atoms with Crippen molar-refractivity contribution >= 4 is 35.0 Å². The van der Waals surface area contributed by atoms with Crippen LogP contribution in [0, 0.1) is 5.92 Å². The number of urea groups is 1. The Kier molecular flexibility index (Phi) is 6.86. The molecule has 1 unspecified atom stereocenters. The van der Waals surface area contributed by atoms with Crippen molar-refractivity contribution in [1.29, 1.82) is 0 Å². The second-order valence-corrected chi connectivity index (χ2v) is 8.43. The fourth-order valence-corrected chi connectivity index (χ4v) is 4.47. The predicted molar refractivity (Wildman–Crippen MR) is 103 cm³/mol. The van der Waals surface area contributed by atoms with Crippen LogP contribution in [0.5, 0.6) is 0 Å². The number of nitrogens with one attached hydrogen (secondary N) is 2. The summed E-state index contributed by atoms with van der Waals surface area (Å²) >= 11 is 2.80. The van der Waals surface area contributed by atoms with Gasteiger partial charge in [0.25, 0.3) is 11.1 Å². The number of ether oxygens (including phenoxy) is 1. The zero-order chi connectivity index (χ0) is 19.2. The molecule has 2 N–H and O–H groups in total. The van der Waals surface area contributed by atoms with E-state index < -0.39 is 11.9 Å². The number of aryl methyl sites for hydroxylation is 1. The molecule has 0 bridgehead atoms. The lowest BCUT2D eigenvalue weighted by atomic mass is 9.90. The predicted octanol–water partition coefficient (Wildman–Crippen LogP) is 2.49. The number of hydrogen-bond donors (Lipinski definition) is 2. The van der Waals surface area contributed by atoms with Gasteiger partial charge in [-0.25, -0.2) is 4.79 Å². The Morgan fingerprint density at radius 3 is 3.11 bits per heavy atom. The molecule has 10 heteroatoms. The number of carbonyl (C=O) groups excluding carboxylic acids is 2. The number of imide groups is 1. The standard InChI is InChI=1S/C17H22N4O4S2/c1-10-3-4-12-11(7-10)8-13(27-12)15-20-21-17(25-15)26-9-14(22)19-16(23)18-5-6-24-2/h8,10H,3-7,9H2,1-2H3,(H2,18,19,22,23). The molecule has 1 aliphatic rings. The Bertz CT molecular complexity index is 805. The topological polar surface area (TPSA) is 106 Å². The second-order valence-electron chi connectivity index (χ2n) is 6.37. The summed E-state index contributed by atoms with van der Waals surface area (Å²) in [5.74, 6) is 0.758. The van der Waals surface area contributed by atoms with Crippen LogP contribution in [0.4, 0.5) is 4.79 Å². The lowest BCUT2D eigenvalue weighted by molar-refractivity contribution is -0.117. The smallest absolute Gasteiger partial charge is 0.321 e. The first kappa shape index (κ1) is 19.8. The van der Waals surface area contributed by atoms with E-state index in [1.807, 2.05) is 0 Å². The highest BCUT2D eigenvalue weighted by Gasteiger charge is 2.21. The van der Waals surface area contributed by atoms with Gasteiger partial charge in [-0.2, -0.15) is 0 Å². The van der Waals surface area contributed by atoms with E-state index in [2.05, 4.69) is 33.8 Å². The number of aromatic nitrogens is 2. The van der Waals surface area contributed by atoms with Crippen LogP contribution in [0.25, 0.3) is 10.8 Å². The average molecular weight is 411 g/mol. The summed E-state index contributed by atoms with van der Waals surface area (Å²) in [6, 6.07) is 1.58. The van der Waals surface area contributed by atoms with Crippen molar-refractivity contribution in [1.82, 2.24) is 20.8 Å². The van der Waals surface area contributed by atoms with Gasteiger partial charge in [0.2, 0.25) is 5.91 Å². The van der Waals surface area contributed by atoms with E-state index in [0.29, 0.717) is 30.2 Å². The van der Waals surface area contributed by atoms with Gasteiger partial charge >= 0.3 is 6.03 Å². The number of thioether (sulfide) groups is 1. The first-order valence-corrected chi connectivity index (χ1v) is 10.5. The van der Waals surface area contributed by atoms with Gasteiger partial charge in [-0.1, -0.05) is 18.7 Å². The molecule has 2 aromatic heterocycles. The number of hydrogen-bond acceptors (Lipinski definition) is 8. The first-order valence-electron chi connectivity index (χ1n) is 8.70. The van der Waals surface area contributed by atoms with Crippen molar-refractivity contribution in [3.05, 3.63) is 16.5 Å². The van der Waals surface area contributed by atoms with Crippen LogP contribution in [0.15, 0.2) is 15.7 Å². The third-order valence-corrected chi connectivity index (χ3v) is 6.16. The van der Waals surface area contributed by atoms with Crippen LogP contribution in [-0.4, -0.2) is 48.1 Å². The van der Waals surface area contributed by atoms with Crippen LogP contribution in [0.3, 0.4) is 0 Å². The van der Waals surface area contributed by atoms with E-state index in [1.54, 1.807) is 11.3 Å². The Morgan fingerprint density at radius 1 is 1.44 bits per heavy atom. The van der Waals surface area contributed by atoms with E-state index in [1.165, 1.54) is 24.0 Å². The Hall–Kier alpha value is -1.91. The van der Waals surface area contributed by atoms with Gasteiger partial charge in [0, 0.05) is 18.5 Å². The fourth-order valence-electron chi connectivity index (χ4n) is 2.78. The maximum absolute atomic E-state index is 11.8. The molecule has 146 valence electrons. The minimum absolute atomic E-state index is 0.0117. The van der Waals surface area contributed by atoms with E-state index in [-0.39, 0.29) is 5.75 Å². The molecule has 0 saturated heterocycles. The Balaban J connectivity index is 1.50. The average Bonchev–Trinajstić information content (AvgIpc) is 3.26. The second kappa shape index (κ2) is 9.34. The molecule has 1 atom stereocenters. The molecule has 0 spiro atoms. The van der Waals surface area contributed by atoms with Crippen LogP contribution in [-0.2, 0) is 22.4 Å². The summed E-state index contributed by atoms with van der Waals surface area (Å²) in [6.45, 7) is 2.98. The van der Waals surface area contributed by atoms with Gasteiger partial charge in [0.15, 0.2) is 0 Å². The van der Waals surface area contributed by atoms with Gasteiger partial charge in [-0.3, -0.25) is 10.1 Å². The number of methoxy groups -OCH3 is 1. The quantitative estimate of drug-likeness (QED) is 0.533. The number of fused-ring (bicyclic) bond motifs is 1. The van der Waals surface area contributed by atoms with Crippen molar-refractivity contribution in [3.8, 4) is 10.8 Å². The van der Waals surface area contributed by atoms with E-state index in [4.69, 9.17) is 9.15 Å². The summed E-state index contributed by atoms with van der Waals surface area (Å²) in [5, 5.41) is 13.1. The summed E-state index contributed by atoms with van der Waals surface area (Å²) in [6.07, 6.45) is 3.41. The third kappa shape index (κ3) is 5.53. The summed E-state index contributed by atoms with van der Waals surface area (Å²) in [7, 11) is 1.53. The number of rotatable bonds is 7. The molecule has 0 aliphatic heterocycles. The van der Waals surface area contributed by atoms with Crippen molar-refractivity contribution in [2.45, 2.75) is 31.4 Å². The Morgan fingerprint density at radius 2 is 2.30 bits per heavy atom. The van der Waals surface area contributed by atoms with Crippen molar-refractivity contribution in [3.63, 3.8) is 0 Å². The Labute approximate surface area is 165 Å². The molecule has 8 nitrogen and oxygen atoms in total. The number of thiophene rings is 1. The minimum atomic E-state index is -0.553. The lowest BCUT2D eigenvalue weighted by Crippen LogP contribution is -2.41. The van der Waals surface area contributed by atoms with E-state index >= 15 is 0 Å². The van der Waals surface area contributed by atoms with Crippen LogP contribution in [0.1, 0.15) is 23.8 Å². The van der Waals surface area contributed by atoms with Crippen molar-refractivity contribution < 1.29 is 18.7 Å². The highest BCUT2D eigenvalue weighted by atomic mass is 32.2. The summed E-state index contributed by atoms with van der Waals surface area (Å²) in [4.78, 5) is 25.6. The minimum Gasteiger partial charge on any atom is -0.410 e. The molecule has 0 saturated carbocycles. The highest BCUT2D eigenvalue weighted by molar-refractivity contribution is 7.99. The molecule has 2 heterocycles. The number of carbonyl (C=O) groups is 2. The SMILES string of the molecule is COCCNC(=O)NC(=O)CSc1nnc(-c2cc3c(s2)CCC(C)C3)o1. The molecular weight excluding hydrogens is 388 g/mol. The monoisotopic (exact) mass is 410 g/mol. The molecule has 0 aromatic carbocycles. The van der Waals surface area contributed by atoms with Crippen molar-refractivity contribution in [2.75, 3.05) is 26.0 Å². The van der Waals surface area contributed by atoms with Gasteiger partial charge in [0.1, 0.15) is 0 Å². The molecule has 0 fully saturated rings. The zero-order valence-electron chi connectivity index (χ0n) is 15.2. The molecule has 3 rings (SSSR count). The van der Waals surface area contributed by atoms with Crippen LogP contribution >= 0.6 is 23.1 Å². The lowest BCUT2D eigenvalue weighted by Gasteiger charge is -2.16. The highest BCUT2D eigenvalue weighted by Crippen LogP contribution is 2.37. The maximum atomic E-state index is 11.8. The summed E-state index contributed by atoms with van der Waals surface area (Å²) in [5.41, 5.74) is 1.38. The largest absolute Gasteiger partial charge is 0.410 e. The molecule has 3 amide bonds. The molecule has 2 aromatic rings. The van der Waals surface area contributed by atoms with Crippen LogP contribution in [0.2, 0.25) is 0 Å². The van der Waals surface area contributed by atoms with Gasteiger partial charge < -0.3 is 14.5 Å². The van der Waals surface area contributed by atoms with Gasteiger partial charge in [-0.15, -0.1) is 21.5 Å². The normalized spacial score (nSPS) is 16.0. The number of nitrogens with zero attached hydrogens (tertiary/aromatic N) is 2. The van der Waals surface area contributed by atoms with Crippen LogP contribution < -0.4 is 10.6 Å². The van der Waals surface area contributed by atoms with E-state index in [0.717, 1.165) is 29.5 Å². The first-order chi connectivity index (χ1) is 13.0. The van der Waals surface area contributed by atoms with Gasteiger partial charge in [-0.05, 0) is 36.8 Å². The molecule has 27 heavy (non-hydrogen) atoms. The maximum Gasteiger partial charge on any atom is 0.321 e. The zero-order valence-corrected chi connectivity index (χ0v) is 16.9. The van der Waals surface area contributed by atoms with Crippen molar-refractivity contribution in [2.24, 2.45) is 5.92 Å². The fraction of sp³-hybridized carbons (Fsp3) is 0.529. The van der Waals surface area contributed by atoms with E-state index in [9.17, 15) is 9.59 Å². The number of amides is 3. The molecule has 0 radical (unpaired) electrons. The molecular formula is C17H22N4O4S2. The third-order valence-electron chi connectivity index (χ3n) is 4.12. The molecule has 1 aliphatic carbocycles. The van der Waals surface area contributed by atoms with Gasteiger partial charge in [0.05, 0.1) is 17.2 Å².